The molecule has 0 saturated heterocycles. The predicted octanol–water partition coefficient (Wildman–Crippen LogP) is 5.04. The van der Waals surface area contributed by atoms with E-state index in [1.54, 1.807) is 12.1 Å². The standard InChI is InChI=1S/C26H29F3O5S/c1-24-13-20-18-5-3-17(34-35(32,33)26(27,28)29)10-14(18)12-25-9-8-16(30)11-15(25)2-4-19(23(20)25)21(24)6-7-22(24)31/h3,5,10-11,19-23,31H,2,4,6-9,12-13H2,1H3/t19-,20?,21-,22-,23?,24-,25+/m0/s1. The number of halogens is 3. The van der Waals surface area contributed by atoms with Crippen LogP contribution in [0.25, 0.3) is 0 Å². The zero-order valence-corrected chi connectivity index (χ0v) is 20.3. The average Bonchev–Trinajstić information content (AvgIpc) is 3.07. The molecule has 0 heterocycles. The van der Waals surface area contributed by atoms with E-state index in [2.05, 4.69) is 11.1 Å². The number of benzene rings is 1. The third-order valence-corrected chi connectivity index (χ3v) is 11.1. The van der Waals surface area contributed by atoms with Crippen LogP contribution in [0.2, 0.25) is 0 Å². The van der Waals surface area contributed by atoms with Crippen LogP contribution in [0, 0.1) is 28.6 Å². The van der Waals surface area contributed by atoms with E-state index in [0.29, 0.717) is 37.0 Å². The van der Waals surface area contributed by atoms with E-state index in [-0.39, 0.29) is 34.4 Å². The summed E-state index contributed by atoms with van der Waals surface area (Å²) in [7, 11) is -5.77. The van der Waals surface area contributed by atoms with Crippen LogP contribution >= 0.6 is 0 Å². The fourth-order valence-corrected chi connectivity index (χ4v) is 9.24. The summed E-state index contributed by atoms with van der Waals surface area (Å²) >= 11 is 0. The van der Waals surface area contributed by atoms with Crippen molar-refractivity contribution >= 4 is 15.9 Å². The molecule has 1 aromatic carbocycles. The van der Waals surface area contributed by atoms with Crippen LogP contribution in [0.3, 0.4) is 0 Å². The lowest BCUT2D eigenvalue weighted by atomic mass is 9.40. The Kier molecular flexibility index (Phi) is 4.93. The summed E-state index contributed by atoms with van der Waals surface area (Å²) in [5, 5.41) is 11.0. The van der Waals surface area contributed by atoms with Gasteiger partial charge < -0.3 is 9.29 Å². The first-order valence-electron chi connectivity index (χ1n) is 12.4. The quantitative estimate of drug-likeness (QED) is 0.446. The number of carbonyl (C=O) groups excluding carboxylic acids is 1. The molecule has 6 rings (SSSR count). The minimum atomic E-state index is -5.77. The second-order valence-corrected chi connectivity index (χ2v) is 13.1. The molecule has 3 fully saturated rings. The largest absolute Gasteiger partial charge is 0.534 e. The Morgan fingerprint density at radius 3 is 2.66 bits per heavy atom. The third kappa shape index (κ3) is 3.22. The second kappa shape index (κ2) is 7.34. The van der Waals surface area contributed by atoms with E-state index in [1.807, 2.05) is 0 Å². The Bertz CT molecular complexity index is 1240. The normalized spacial score (nSPS) is 40.2. The van der Waals surface area contributed by atoms with Gasteiger partial charge in [-0.1, -0.05) is 18.6 Å². The van der Waals surface area contributed by atoms with Crippen molar-refractivity contribution < 1.29 is 35.7 Å². The number of aliphatic hydroxyl groups is 1. The van der Waals surface area contributed by atoms with Gasteiger partial charge in [0.1, 0.15) is 5.75 Å². The number of carbonyl (C=O) groups is 1. The minimum absolute atomic E-state index is 0.0860. The molecule has 5 aliphatic carbocycles. The van der Waals surface area contributed by atoms with E-state index in [1.165, 1.54) is 12.1 Å². The fourth-order valence-electron chi connectivity index (χ4n) is 8.79. The van der Waals surface area contributed by atoms with Crippen LogP contribution in [-0.2, 0) is 21.3 Å². The van der Waals surface area contributed by atoms with E-state index in [9.17, 15) is 31.5 Å². The molecule has 3 saturated carbocycles. The van der Waals surface area contributed by atoms with Crippen LogP contribution in [-0.4, -0.2) is 30.9 Å². The molecule has 0 amide bonds. The molecule has 9 heteroatoms. The molecule has 0 radical (unpaired) electrons. The van der Waals surface area contributed by atoms with Crippen molar-refractivity contribution in [3.8, 4) is 5.75 Å². The van der Waals surface area contributed by atoms with Gasteiger partial charge in [-0.2, -0.15) is 21.6 Å². The Morgan fingerprint density at radius 2 is 1.91 bits per heavy atom. The van der Waals surface area contributed by atoms with Crippen molar-refractivity contribution in [3.63, 3.8) is 0 Å². The topological polar surface area (TPSA) is 80.7 Å². The molecule has 0 aromatic heterocycles. The number of fused-ring (bicyclic) bond motifs is 4. The van der Waals surface area contributed by atoms with Crippen molar-refractivity contribution in [2.75, 3.05) is 0 Å². The van der Waals surface area contributed by atoms with E-state index >= 15 is 0 Å². The summed E-state index contributed by atoms with van der Waals surface area (Å²) in [6.07, 6.45) is 7.46. The minimum Gasteiger partial charge on any atom is -0.393 e. The maximum atomic E-state index is 12.9. The molecule has 1 spiro atoms. The van der Waals surface area contributed by atoms with Crippen LogP contribution in [0.4, 0.5) is 13.2 Å². The van der Waals surface area contributed by atoms with Gasteiger partial charge in [-0.15, -0.1) is 0 Å². The molecule has 2 unspecified atom stereocenters. The molecule has 7 atom stereocenters. The predicted molar refractivity (Wildman–Crippen MR) is 121 cm³/mol. The highest BCUT2D eigenvalue weighted by Gasteiger charge is 2.64. The van der Waals surface area contributed by atoms with Gasteiger partial charge in [-0.3, -0.25) is 4.79 Å². The van der Waals surface area contributed by atoms with Gasteiger partial charge in [0.15, 0.2) is 5.78 Å². The van der Waals surface area contributed by atoms with E-state index in [4.69, 9.17) is 0 Å². The van der Waals surface area contributed by atoms with Gasteiger partial charge in [0.05, 0.1) is 6.10 Å². The van der Waals surface area contributed by atoms with Crippen molar-refractivity contribution in [1.29, 1.82) is 0 Å². The lowest BCUT2D eigenvalue weighted by molar-refractivity contribution is -0.120. The zero-order valence-electron chi connectivity index (χ0n) is 19.5. The second-order valence-electron chi connectivity index (χ2n) is 11.6. The summed E-state index contributed by atoms with van der Waals surface area (Å²) in [4.78, 5) is 12.4. The highest BCUT2D eigenvalue weighted by molar-refractivity contribution is 7.88. The maximum absolute atomic E-state index is 12.9. The SMILES string of the molecule is C[C@]12CC3c4ccc(OS(=O)(=O)C(F)(F)F)cc4C[C@]45CCC(=O)C=C4CC[C@H](C35)[C@@H]1CC[C@@H]2O. The number of ketones is 1. The van der Waals surface area contributed by atoms with Gasteiger partial charge in [-0.25, -0.2) is 0 Å². The van der Waals surface area contributed by atoms with Gasteiger partial charge in [0.2, 0.25) is 0 Å². The molecule has 5 nitrogen and oxygen atoms in total. The summed E-state index contributed by atoms with van der Waals surface area (Å²) in [6, 6.07) is 4.49. The highest BCUT2D eigenvalue weighted by Crippen LogP contribution is 2.71. The van der Waals surface area contributed by atoms with Gasteiger partial charge in [0, 0.05) is 6.42 Å². The van der Waals surface area contributed by atoms with Crippen molar-refractivity contribution in [1.82, 2.24) is 0 Å². The molecule has 5 aliphatic rings. The first kappa shape index (κ1) is 23.5. The third-order valence-electron chi connectivity index (χ3n) is 10.1. The summed E-state index contributed by atoms with van der Waals surface area (Å²) in [5.41, 5.74) is -3.06. The van der Waals surface area contributed by atoms with Gasteiger partial charge in [0.25, 0.3) is 0 Å². The molecular weight excluding hydrogens is 481 g/mol. The Balaban J connectivity index is 1.48. The molecule has 190 valence electrons. The molecule has 1 aromatic rings. The first-order chi connectivity index (χ1) is 16.4. The van der Waals surface area contributed by atoms with Crippen LogP contribution < -0.4 is 4.18 Å². The Morgan fingerprint density at radius 1 is 1.14 bits per heavy atom. The van der Waals surface area contributed by atoms with Crippen molar-refractivity contribution in [2.24, 2.45) is 28.6 Å². The number of aliphatic hydroxyl groups excluding tert-OH is 1. The van der Waals surface area contributed by atoms with Gasteiger partial charge in [-0.05, 0) is 109 Å². The molecular formula is C26H29F3O5S. The Hall–Kier alpha value is -1.87. The summed E-state index contributed by atoms with van der Waals surface area (Å²) in [6.45, 7) is 2.18. The van der Waals surface area contributed by atoms with Crippen LogP contribution in [0.5, 0.6) is 5.75 Å². The van der Waals surface area contributed by atoms with Crippen LogP contribution in [0.1, 0.15) is 68.9 Å². The molecule has 0 aliphatic heterocycles. The number of alkyl halides is 3. The number of rotatable bonds is 2. The number of hydrogen-bond donors (Lipinski definition) is 1. The van der Waals surface area contributed by atoms with E-state index < -0.39 is 15.6 Å². The van der Waals surface area contributed by atoms with E-state index in [0.717, 1.165) is 48.8 Å². The van der Waals surface area contributed by atoms with Crippen LogP contribution in [0.15, 0.2) is 29.8 Å². The molecule has 35 heavy (non-hydrogen) atoms. The fraction of sp³-hybridized carbons (Fsp3) is 0.654. The number of allylic oxidation sites excluding steroid dienone is 1. The van der Waals surface area contributed by atoms with Crippen molar-refractivity contribution in [3.05, 3.63) is 41.0 Å². The molecule has 1 N–H and O–H groups in total. The lowest BCUT2D eigenvalue weighted by Crippen LogP contribution is -2.57. The monoisotopic (exact) mass is 510 g/mol. The summed E-state index contributed by atoms with van der Waals surface area (Å²) in [5.74, 6) is 0.991. The number of hydrogen-bond acceptors (Lipinski definition) is 5. The lowest BCUT2D eigenvalue weighted by Gasteiger charge is -2.64. The maximum Gasteiger partial charge on any atom is 0.534 e. The smallest absolute Gasteiger partial charge is 0.393 e. The van der Waals surface area contributed by atoms with Crippen molar-refractivity contribution in [2.45, 2.75) is 75.8 Å². The Labute approximate surface area is 202 Å². The van der Waals surface area contributed by atoms with Gasteiger partial charge >= 0.3 is 15.6 Å². The average molecular weight is 511 g/mol. The molecule has 0 bridgehead atoms. The zero-order chi connectivity index (χ0) is 25.0. The first-order valence-corrected chi connectivity index (χ1v) is 13.8. The summed E-state index contributed by atoms with van der Waals surface area (Å²) < 4.78 is 66.5. The highest BCUT2D eigenvalue weighted by atomic mass is 32.2.